The van der Waals surface area contributed by atoms with Crippen LogP contribution in [-0.2, 0) is 14.3 Å². The number of carbonyl (C=O) groups is 2. The second-order valence-corrected chi connectivity index (χ2v) is 5.29. The first-order chi connectivity index (χ1) is 10.5. The van der Waals surface area contributed by atoms with E-state index in [2.05, 4.69) is 5.32 Å². The standard InChI is InChI=1S/C15H17ClN2O4/c1-9-3-4-10(7-12(9)16)17-13-11(15(21)22-2)8-18(5-6-19)14(13)20/h3-4,7,17,19H,5-6,8H2,1-2H3. The smallest absolute Gasteiger partial charge is 0.337 e. The number of benzene rings is 1. The molecule has 0 spiro atoms. The van der Waals surface area contributed by atoms with Crippen LogP contribution in [0.25, 0.3) is 0 Å². The summed E-state index contributed by atoms with van der Waals surface area (Å²) in [5, 5.41) is 12.5. The number of methoxy groups -OCH3 is 1. The van der Waals surface area contributed by atoms with Crippen LogP contribution in [-0.4, -0.2) is 48.7 Å². The molecule has 1 amide bonds. The minimum Gasteiger partial charge on any atom is -0.466 e. The van der Waals surface area contributed by atoms with Crippen LogP contribution in [0.2, 0.25) is 5.02 Å². The zero-order valence-corrected chi connectivity index (χ0v) is 13.1. The van der Waals surface area contributed by atoms with Gasteiger partial charge in [0, 0.05) is 17.3 Å². The highest BCUT2D eigenvalue weighted by atomic mass is 35.5. The van der Waals surface area contributed by atoms with Gasteiger partial charge in [-0.3, -0.25) is 4.79 Å². The molecule has 1 aliphatic heterocycles. The number of hydrogen-bond donors (Lipinski definition) is 2. The Balaban J connectivity index is 2.32. The van der Waals surface area contributed by atoms with Gasteiger partial charge in [-0.05, 0) is 24.6 Å². The third-order valence-corrected chi connectivity index (χ3v) is 3.80. The number of nitrogens with one attached hydrogen (secondary N) is 1. The van der Waals surface area contributed by atoms with E-state index in [-0.39, 0.29) is 36.9 Å². The maximum atomic E-state index is 12.3. The van der Waals surface area contributed by atoms with Gasteiger partial charge in [0.2, 0.25) is 0 Å². The number of hydrogen-bond acceptors (Lipinski definition) is 5. The maximum absolute atomic E-state index is 12.3. The van der Waals surface area contributed by atoms with Crippen LogP contribution in [0.1, 0.15) is 5.56 Å². The minimum atomic E-state index is -0.575. The average molecular weight is 325 g/mol. The van der Waals surface area contributed by atoms with E-state index in [1.807, 2.05) is 13.0 Å². The van der Waals surface area contributed by atoms with Crippen LogP contribution in [0.3, 0.4) is 0 Å². The number of aryl methyl sites for hydroxylation is 1. The number of nitrogens with zero attached hydrogens (tertiary/aromatic N) is 1. The van der Waals surface area contributed by atoms with Gasteiger partial charge < -0.3 is 20.1 Å². The first-order valence-electron chi connectivity index (χ1n) is 6.72. The molecule has 0 atom stereocenters. The van der Waals surface area contributed by atoms with Crippen molar-refractivity contribution in [2.75, 3.05) is 32.1 Å². The molecule has 0 bridgehead atoms. The van der Waals surface area contributed by atoms with Crippen molar-refractivity contribution < 1.29 is 19.4 Å². The van der Waals surface area contributed by atoms with Crippen molar-refractivity contribution in [2.45, 2.75) is 6.92 Å². The van der Waals surface area contributed by atoms with Gasteiger partial charge in [-0.1, -0.05) is 17.7 Å². The summed E-state index contributed by atoms with van der Waals surface area (Å²) in [6.07, 6.45) is 0. The number of anilines is 1. The van der Waals surface area contributed by atoms with E-state index >= 15 is 0 Å². The average Bonchev–Trinajstić information content (AvgIpc) is 2.80. The molecule has 118 valence electrons. The van der Waals surface area contributed by atoms with Crippen LogP contribution in [0.4, 0.5) is 5.69 Å². The Morgan fingerprint density at radius 3 is 2.82 bits per heavy atom. The molecule has 1 aromatic rings. The molecule has 0 radical (unpaired) electrons. The van der Waals surface area contributed by atoms with Crippen LogP contribution < -0.4 is 5.32 Å². The number of β-amino-alcohol motifs (C(OH)–C–C–N with tert-alkyl or cyclic N) is 1. The summed E-state index contributed by atoms with van der Waals surface area (Å²) in [5.41, 5.74) is 1.90. The van der Waals surface area contributed by atoms with E-state index in [0.29, 0.717) is 10.7 Å². The summed E-state index contributed by atoms with van der Waals surface area (Å²) >= 11 is 6.06. The van der Waals surface area contributed by atoms with Gasteiger partial charge in [0.1, 0.15) is 5.70 Å². The van der Waals surface area contributed by atoms with Gasteiger partial charge in [-0.25, -0.2) is 4.79 Å². The highest BCUT2D eigenvalue weighted by Crippen LogP contribution is 2.25. The summed E-state index contributed by atoms with van der Waals surface area (Å²) < 4.78 is 4.72. The van der Waals surface area contributed by atoms with Gasteiger partial charge in [-0.2, -0.15) is 0 Å². The minimum absolute atomic E-state index is 0.105. The lowest BCUT2D eigenvalue weighted by Gasteiger charge is -2.15. The van der Waals surface area contributed by atoms with E-state index in [9.17, 15) is 9.59 Å². The Kier molecular flexibility index (Phi) is 5.05. The number of aliphatic hydroxyl groups is 1. The molecule has 0 saturated carbocycles. The van der Waals surface area contributed by atoms with Crippen molar-refractivity contribution in [2.24, 2.45) is 0 Å². The molecule has 2 rings (SSSR count). The summed E-state index contributed by atoms with van der Waals surface area (Å²) in [6, 6.07) is 5.26. The van der Waals surface area contributed by atoms with Gasteiger partial charge in [0.05, 0.1) is 25.8 Å². The molecule has 0 aliphatic carbocycles. The number of rotatable bonds is 5. The lowest BCUT2D eigenvalue weighted by Crippen LogP contribution is -2.31. The summed E-state index contributed by atoms with van der Waals surface area (Å²) in [5.74, 6) is -0.930. The molecular formula is C15H17ClN2O4. The van der Waals surface area contributed by atoms with Crippen molar-refractivity contribution >= 4 is 29.2 Å². The molecule has 0 aromatic heterocycles. The largest absolute Gasteiger partial charge is 0.466 e. The molecule has 1 heterocycles. The third-order valence-electron chi connectivity index (χ3n) is 3.39. The van der Waals surface area contributed by atoms with Crippen LogP contribution >= 0.6 is 11.6 Å². The molecule has 6 nitrogen and oxygen atoms in total. The number of carbonyl (C=O) groups excluding carboxylic acids is 2. The van der Waals surface area contributed by atoms with Crippen molar-refractivity contribution in [3.8, 4) is 0 Å². The van der Waals surface area contributed by atoms with Gasteiger partial charge in [0.25, 0.3) is 5.91 Å². The van der Waals surface area contributed by atoms with E-state index in [0.717, 1.165) is 5.56 Å². The van der Waals surface area contributed by atoms with Crippen LogP contribution in [0, 0.1) is 6.92 Å². The summed E-state index contributed by atoms with van der Waals surface area (Å²) in [4.78, 5) is 25.6. The zero-order valence-electron chi connectivity index (χ0n) is 12.4. The van der Waals surface area contributed by atoms with E-state index < -0.39 is 5.97 Å². The fraction of sp³-hybridized carbons (Fsp3) is 0.333. The number of esters is 1. The lowest BCUT2D eigenvalue weighted by atomic mass is 10.2. The highest BCUT2D eigenvalue weighted by molar-refractivity contribution is 6.31. The van der Waals surface area contributed by atoms with E-state index in [1.54, 1.807) is 12.1 Å². The van der Waals surface area contributed by atoms with Crippen LogP contribution in [0.15, 0.2) is 29.5 Å². The quantitative estimate of drug-likeness (QED) is 0.799. The van der Waals surface area contributed by atoms with Gasteiger partial charge in [0.15, 0.2) is 0 Å². The normalized spacial score (nSPS) is 14.5. The molecule has 22 heavy (non-hydrogen) atoms. The van der Waals surface area contributed by atoms with Crippen molar-refractivity contribution in [3.05, 3.63) is 40.1 Å². The molecular weight excluding hydrogens is 308 g/mol. The van der Waals surface area contributed by atoms with Crippen molar-refractivity contribution in [3.63, 3.8) is 0 Å². The second kappa shape index (κ2) is 6.81. The predicted octanol–water partition coefficient (Wildman–Crippen LogP) is 1.32. The Labute approximate surface area is 133 Å². The first kappa shape index (κ1) is 16.3. The third kappa shape index (κ3) is 3.23. The topological polar surface area (TPSA) is 78.9 Å². The molecule has 0 fully saturated rings. The second-order valence-electron chi connectivity index (χ2n) is 4.88. The first-order valence-corrected chi connectivity index (χ1v) is 7.10. The highest BCUT2D eigenvalue weighted by Gasteiger charge is 2.34. The Morgan fingerprint density at radius 1 is 1.50 bits per heavy atom. The van der Waals surface area contributed by atoms with E-state index in [1.165, 1.54) is 12.0 Å². The maximum Gasteiger partial charge on any atom is 0.337 e. The molecule has 2 N–H and O–H groups in total. The molecule has 7 heteroatoms. The monoisotopic (exact) mass is 324 g/mol. The fourth-order valence-corrected chi connectivity index (χ4v) is 2.34. The fourth-order valence-electron chi connectivity index (χ4n) is 2.16. The number of amides is 1. The van der Waals surface area contributed by atoms with E-state index in [4.69, 9.17) is 21.4 Å². The predicted molar refractivity (Wildman–Crippen MR) is 82.5 cm³/mol. The summed E-state index contributed by atoms with van der Waals surface area (Å²) in [7, 11) is 1.26. The molecule has 1 aromatic carbocycles. The molecule has 1 aliphatic rings. The number of ether oxygens (including phenoxy) is 1. The van der Waals surface area contributed by atoms with Crippen molar-refractivity contribution in [1.82, 2.24) is 4.90 Å². The van der Waals surface area contributed by atoms with Crippen molar-refractivity contribution in [1.29, 1.82) is 0 Å². The number of halogens is 1. The van der Waals surface area contributed by atoms with Gasteiger partial charge >= 0.3 is 5.97 Å². The van der Waals surface area contributed by atoms with Crippen LogP contribution in [0.5, 0.6) is 0 Å². The van der Waals surface area contributed by atoms with Gasteiger partial charge in [-0.15, -0.1) is 0 Å². The molecule has 0 saturated heterocycles. The summed E-state index contributed by atoms with van der Waals surface area (Å²) in [6.45, 7) is 1.95. The SMILES string of the molecule is COC(=O)C1=C(Nc2ccc(C)c(Cl)c2)C(=O)N(CCO)C1. The Bertz CT molecular complexity index is 642. The lowest BCUT2D eigenvalue weighted by molar-refractivity contribution is -0.136. The zero-order chi connectivity index (χ0) is 16.3. The molecule has 0 unspecified atom stereocenters. The number of aliphatic hydroxyl groups excluding tert-OH is 1. The Morgan fingerprint density at radius 2 is 2.23 bits per heavy atom. The Hall–Kier alpha value is -2.05.